The van der Waals surface area contributed by atoms with Gasteiger partial charge in [-0.15, -0.1) is 0 Å². The number of hydrogen-bond donors (Lipinski definition) is 2. The summed E-state index contributed by atoms with van der Waals surface area (Å²) in [5.41, 5.74) is 0. The Balaban J connectivity index is 1.69. The molecular formula is C21H31F2N5O5. The van der Waals surface area contributed by atoms with Gasteiger partial charge in [0, 0.05) is 31.8 Å². The molecule has 0 radical (unpaired) electrons. The molecule has 3 rings (SSSR count). The van der Waals surface area contributed by atoms with Crippen LogP contribution in [0.15, 0.2) is 4.52 Å². The molecule has 1 aliphatic carbocycles. The molecule has 2 aliphatic rings. The van der Waals surface area contributed by atoms with Crippen LogP contribution in [0.2, 0.25) is 0 Å². The molecular weight excluding hydrogens is 440 g/mol. The molecule has 12 heteroatoms. The molecule has 2 N–H and O–H groups in total. The molecule has 3 amide bonds. The van der Waals surface area contributed by atoms with Crippen LogP contribution in [0.25, 0.3) is 0 Å². The zero-order chi connectivity index (χ0) is 24.0. The molecule has 0 bridgehead atoms. The highest BCUT2D eigenvalue weighted by Crippen LogP contribution is 2.38. The number of nitrogens with zero attached hydrogens (tertiary/aromatic N) is 3. The normalized spacial score (nSPS) is 18.5. The second kappa shape index (κ2) is 11.0. The number of Topliss-reactive ketones (excluding diaryl/α,β-unsaturated/α-hetero) is 1. The van der Waals surface area contributed by atoms with Gasteiger partial charge in [-0.2, -0.15) is 4.98 Å². The highest BCUT2D eigenvalue weighted by Gasteiger charge is 2.38. The smallest absolute Gasteiger partial charge is 0.318 e. The Kier molecular flexibility index (Phi) is 8.33. The summed E-state index contributed by atoms with van der Waals surface area (Å²) in [6, 6.07) is -3.18. The largest absolute Gasteiger partial charge is 0.378 e. The summed E-state index contributed by atoms with van der Waals surface area (Å²) in [4.78, 5) is 43.8. The third kappa shape index (κ3) is 6.92. The molecule has 33 heavy (non-hydrogen) atoms. The molecule has 2 fully saturated rings. The number of amides is 3. The van der Waals surface area contributed by atoms with Crippen LogP contribution in [-0.2, 0) is 9.53 Å². The van der Waals surface area contributed by atoms with E-state index in [-0.39, 0.29) is 24.6 Å². The van der Waals surface area contributed by atoms with Crippen molar-refractivity contribution in [3.8, 4) is 0 Å². The second-order valence-corrected chi connectivity index (χ2v) is 8.48. The minimum atomic E-state index is -3.16. The first-order valence-corrected chi connectivity index (χ1v) is 11.4. The number of morpholine rings is 1. The third-order valence-corrected chi connectivity index (χ3v) is 5.66. The van der Waals surface area contributed by atoms with Crippen LogP contribution < -0.4 is 10.6 Å². The topological polar surface area (TPSA) is 127 Å². The number of alkyl halides is 2. The molecule has 2 heterocycles. The Morgan fingerprint density at radius 2 is 1.85 bits per heavy atom. The van der Waals surface area contributed by atoms with Gasteiger partial charge in [0.15, 0.2) is 0 Å². The quantitative estimate of drug-likeness (QED) is 0.474. The van der Waals surface area contributed by atoms with E-state index in [9.17, 15) is 23.2 Å². The number of aromatic nitrogens is 2. The maximum absolute atomic E-state index is 14.4. The minimum Gasteiger partial charge on any atom is -0.378 e. The number of carbonyl (C=O) groups is 3. The van der Waals surface area contributed by atoms with E-state index in [2.05, 4.69) is 20.8 Å². The summed E-state index contributed by atoms with van der Waals surface area (Å²) < 4.78 is 39.1. The molecule has 1 aromatic rings. The Labute approximate surface area is 190 Å². The van der Waals surface area contributed by atoms with Crippen LogP contribution in [0.3, 0.4) is 0 Å². The minimum absolute atomic E-state index is 0.158. The van der Waals surface area contributed by atoms with Crippen LogP contribution in [-0.4, -0.2) is 77.1 Å². The number of urea groups is 1. The van der Waals surface area contributed by atoms with Gasteiger partial charge in [-0.25, -0.2) is 13.6 Å². The SMILES string of the molecule is CCCC(F)(F)C[C@H](NC(=O)N1CCOCC1)C(=O)NC(CC)C(=O)c1noc(C2CC2)n1. The fraction of sp³-hybridized carbons (Fsp3) is 0.762. The van der Waals surface area contributed by atoms with Gasteiger partial charge >= 0.3 is 6.03 Å². The van der Waals surface area contributed by atoms with Crippen molar-refractivity contribution in [1.29, 1.82) is 0 Å². The standard InChI is InChI=1S/C21H31F2N5O5/c1-3-7-21(22,23)12-15(25-20(31)28-8-10-32-11-9-28)18(30)24-14(4-2)16(29)17-26-19(33-27-17)13-5-6-13/h13-15H,3-12H2,1-2H3,(H,24,30)(H,25,31)/t14?,15-/m0/s1. The van der Waals surface area contributed by atoms with Gasteiger partial charge in [-0.05, 0) is 19.3 Å². The molecule has 0 aromatic carbocycles. The lowest BCUT2D eigenvalue weighted by Gasteiger charge is -2.30. The van der Waals surface area contributed by atoms with Gasteiger partial charge in [0.2, 0.25) is 23.4 Å². The molecule has 0 spiro atoms. The number of nitrogens with one attached hydrogen (secondary N) is 2. The second-order valence-electron chi connectivity index (χ2n) is 8.48. The van der Waals surface area contributed by atoms with E-state index >= 15 is 0 Å². The van der Waals surface area contributed by atoms with Gasteiger partial charge in [-0.3, -0.25) is 9.59 Å². The van der Waals surface area contributed by atoms with Crippen molar-refractivity contribution < 1.29 is 32.4 Å². The van der Waals surface area contributed by atoms with E-state index in [1.54, 1.807) is 13.8 Å². The van der Waals surface area contributed by atoms with Gasteiger partial charge in [0.25, 0.3) is 5.92 Å². The highest BCUT2D eigenvalue weighted by molar-refractivity contribution is 6.00. The Hall–Kier alpha value is -2.63. The van der Waals surface area contributed by atoms with Crippen LogP contribution in [0.4, 0.5) is 13.6 Å². The number of hydrogen-bond acceptors (Lipinski definition) is 7. The van der Waals surface area contributed by atoms with Gasteiger partial charge in [-0.1, -0.05) is 25.4 Å². The fourth-order valence-electron chi connectivity index (χ4n) is 3.60. The zero-order valence-electron chi connectivity index (χ0n) is 18.9. The lowest BCUT2D eigenvalue weighted by Crippen LogP contribution is -2.56. The van der Waals surface area contributed by atoms with Crippen molar-refractivity contribution in [3.63, 3.8) is 0 Å². The summed E-state index contributed by atoms with van der Waals surface area (Å²) in [5.74, 6) is -4.20. The van der Waals surface area contributed by atoms with E-state index in [4.69, 9.17) is 9.26 Å². The molecule has 1 saturated carbocycles. The van der Waals surface area contributed by atoms with Gasteiger partial charge in [0.1, 0.15) is 6.04 Å². The molecule has 184 valence electrons. The first-order chi connectivity index (χ1) is 15.7. The molecule has 2 atom stereocenters. The van der Waals surface area contributed by atoms with Crippen molar-refractivity contribution in [1.82, 2.24) is 25.7 Å². The predicted octanol–water partition coefficient (Wildman–Crippen LogP) is 2.26. The first kappa shape index (κ1) is 25.0. The Morgan fingerprint density at radius 3 is 2.45 bits per heavy atom. The summed E-state index contributed by atoms with van der Waals surface area (Å²) in [6.45, 7) is 4.53. The first-order valence-electron chi connectivity index (χ1n) is 11.4. The van der Waals surface area contributed by atoms with Crippen molar-refractivity contribution in [2.45, 2.75) is 76.3 Å². The molecule has 1 saturated heterocycles. The maximum Gasteiger partial charge on any atom is 0.318 e. The lowest BCUT2D eigenvalue weighted by atomic mass is 10.0. The zero-order valence-corrected chi connectivity index (χ0v) is 18.9. The number of halogens is 2. The van der Waals surface area contributed by atoms with E-state index in [0.717, 1.165) is 12.8 Å². The van der Waals surface area contributed by atoms with Crippen LogP contribution in [0.1, 0.15) is 74.8 Å². The van der Waals surface area contributed by atoms with Crippen molar-refractivity contribution >= 4 is 17.7 Å². The number of ether oxygens (including phenoxy) is 1. The summed E-state index contributed by atoms with van der Waals surface area (Å²) >= 11 is 0. The molecule has 1 aliphatic heterocycles. The summed E-state index contributed by atoms with van der Waals surface area (Å²) in [5, 5.41) is 8.60. The lowest BCUT2D eigenvalue weighted by molar-refractivity contribution is -0.126. The number of ketones is 1. The average molecular weight is 472 g/mol. The Morgan fingerprint density at radius 1 is 1.15 bits per heavy atom. The molecule has 1 aromatic heterocycles. The van der Waals surface area contributed by atoms with Gasteiger partial charge in [0.05, 0.1) is 19.3 Å². The van der Waals surface area contributed by atoms with E-state index in [1.807, 2.05) is 0 Å². The summed E-state index contributed by atoms with van der Waals surface area (Å²) in [7, 11) is 0. The highest BCUT2D eigenvalue weighted by atomic mass is 19.3. The predicted molar refractivity (Wildman–Crippen MR) is 112 cm³/mol. The van der Waals surface area contributed by atoms with Crippen molar-refractivity contribution in [2.24, 2.45) is 0 Å². The van der Waals surface area contributed by atoms with Crippen molar-refractivity contribution in [2.75, 3.05) is 26.3 Å². The van der Waals surface area contributed by atoms with E-state index in [0.29, 0.717) is 32.2 Å². The monoisotopic (exact) mass is 471 g/mol. The molecule has 10 nitrogen and oxygen atoms in total. The van der Waals surface area contributed by atoms with Crippen molar-refractivity contribution in [3.05, 3.63) is 11.7 Å². The fourth-order valence-corrected chi connectivity index (χ4v) is 3.60. The van der Waals surface area contributed by atoms with Crippen LogP contribution in [0.5, 0.6) is 0 Å². The number of carbonyl (C=O) groups excluding carboxylic acids is 3. The summed E-state index contributed by atoms with van der Waals surface area (Å²) in [6.07, 6.45) is 0.943. The van der Waals surface area contributed by atoms with Crippen LogP contribution in [0, 0.1) is 0 Å². The third-order valence-electron chi connectivity index (χ3n) is 5.66. The van der Waals surface area contributed by atoms with Crippen LogP contribution >= 0.6 is 0 Å². The van der Waals surface area contributed by atoms with E-state index < -0.39 is 48.6 Å². The van der Waals surface area contributed by atoms with Gasteiger partial charge < -0.3 is 24.8 Å². The Bertz CT molecular complexity index is 839. The average Bonchev–Trinajstić information content (AvgIpc) is 3.53. The maximum atomic E-state index is 14.4. The van der Waals surface area contributed by atoms with E-state index in [1.165, 1.54) is 4.90 Å². The number of rotatable bonds is 11. The molecule has 1 unspecified atom stereocenters.